The number of anilines is 1. The first-order valence-electron chi connectivity index (χ1n) is 8.00. The van der Waals surface area contributed by atoms with E-state index in [1.54, 1.807) is 0 Å². The Morgan fingerprint density at radius 1 is 1.24 bits per heavy atom. The highest BCUT2D eigenvalue weighted by atomic mass is 16.5. The number of nitrogens with zero attached hydrogens (tertiary/aromatic N) is 1. The third-order valence-corrected chi connectivity index (χ3v) is 4.13. The van der Waals surface area contributed by atoms with E-state index in [4.69, 9.17) is 10.5 Å². The molecule has 21 heavy (non-hydrogen) atoms. The predicted molar refractivity (Wildman–Crippen MR) is 88.9 cm³/mol. The summed E-state index contributed by atoms with van der Waals surface area (Å²) in [5, 5.41) is 3.54. The van der Waals surface area contributed by atoms with Gasteiger partial charge in [-0.3, -0.25) is 0 Å². The monoisotopic (exact) mass is 291 g/mol. The van der Waals surface area contributed by atoms with Gasteiger partial charge >= 0.3 is 0 Å². The quantitative estimate of drug-likeness (QED) is 0.810. The number of rotatable bonds is 7. The molecule has 0 atom stereocenters. The zero-order valence-corrected chi connectivity index (χ0v) is 13.3. The van der Waals surface area contributed by atoms with Gasteiger partial charge in [-0.05, 0) is 57.8 Å². The second-order valence-electron chi connectivity index (χ2n) is 6.34. The van der Waals surface area contributed by atoms with Crippen LogP contribution in [0.15, 0.2) is 24.3 Å². The van der Waals surface area contributed by atoms with Crippen molar-refractivity contribution in [2.45, 2.75) is 31.7 Å². The minimum atomic E-state index is 0.426. The molecule has 1 fully saturated rings. The van der Waals surface area contributed by atoms with Crippen LogP contribution < -0.4 is 15.8 Å². The minimum Gasteiger partial charge on any atom is -0.492 e. The molecule has 0 aromatic heterocycles. The number of nitrogens with two attached hydrogens (primary N) is 1. The minimum absolute atomic E-state index is 0.426. The van der Waals surface area contributed by atoms with Crippen LogP contribution in [0.2, 0.25) is 0 Å². The number of hydrogen-bond donors (Lipinski definition) is 2. The maximum absolute atomic E-state index is 5.95. The first-order chi connectivity index (χ1) is 10.1. The van der Waals surface area contributed by atoms with Crippen molar-refractivity contribution in [2.75, 3.05) is 39.1 Å². The maximum atomic E-state index is 5.95. The van der Waals surface area contributed by atoms with Gasteiger partial charge in [0.05, 0.1) is 0 Å². The number of ether oxygens (including phenoxy) is 1. The van der Waals surface area contributed by atoms with Gasteiger partial charge in [0, 0.05) is 30.9 Å². The van der Waals surface area contributed by atoms with E-state index >= 15 is 0 Å². The molecule has 3 N–H and O–H groups in total. The Morgan fingerprint density at radius 3 is 2.71 bits per heavy atom. The second-order valence-corrected chi connectivity index (χ2v) is 6.34. The van der Waals surface area contributed by atoms with E-state index in [2.05, 4.69) is 36.4 Å². The van der Waals surface area contributed by atoms with Gasteiger partial charge in [0.15, 0.2) is 0 Å². The summed E-state index contributed by atoms with van der Waals surface area (Å²) < 4.78 is 5.77. The highest BCUT2D eigenvalue weighted by Gasteiger charge is 2.18. The smallest absolute Gasteiger partial charge is 0.121 e. The van der Waals surface area contributed by atoms with Gasteiger partial charge in [-0.2, -0.15) is 0 Å². The average molecular weight is 291 g/mol. The highest BCUT2D eigenvalue weighted by molar-refractivity contribution is 5.48. The van der Waals surface area contributed by atoms with Crippen molar-refractivity contribution in [1.82, 2.24) is 4.90 Å². The third kappa shape index (κ3) is 5.94. The van der Waals surface area contributed by atoms with E-state index in [0.29, 0.717) is 6.04 Å². The fourth-order valence-electron chi connectivity index (χ4n) is 2.70. The summed E-state index contributed by atoms with van der Waals surface area (Å²) in [6.45, 7) is 2.69. The van der Waals surface area contributed by atoms with Crippen molar-refractivity contribution in [3.05, 3.63) is 24.3 Å². The zero-order valence-electron chi connectivity index (χ0n) is 13.3. The van der Waals surface area contributed by atoms with Crippen molar-refractivity contribution in [2.24, 2.45) is 11.7 Å². The molecule has 1 aliphatic rings. The lowest BCUT2D eigenvalue weighted by molar-refractivity contribution is 0.261. The molecule has 0 amide bonds. The van der Waals surface area contributed by atoms with Crippen molar-refractivity contribution in [1.29, 1.82) is 0 Å². The molecule has 2 rings (SSSR count). The lowest BCUT2D eigenvalue weighted by atomic mass is 9.86. The van der Waals surface area contributed by atoms with Crippen LogP contribution in [-0.2, 0) is 0 Å². The average Bonchev–Trinajstić information content (AvgIpc) is 2.47. The summed E-state index contributed by atoms with van der Waals surface area (Å²) in [4.78, 5) is 2.12. The molecular formula is C17H29N3O. The summed E-state index contributed by atoms with van der Waals surface area (Å²) in [5.74, 6) is 1.69. The van der Waals surface area contributed by atoms with Crippen molar-refractivity contribution >= 4 is 5.69 Å². The van der Waals surface area contributed by atoms with Crippen LogP contribution in [0.3, 0.4) is 0 Å². The van der Waals surface area contributed by atoms with Gasteiger partial charge in [0.25, 0.3) is 0 Å². The Balaban J connectivity index is 1.75. The van der Waals surface area contributed by atoms with Crippen LogP contribution in [-0.4, -0.2) is 44.7 Å². The molecule has 1 aliphatic carbocycles. The van der Waals surface area contributed by atoms with Crippen LogP contribution >= 0.6 is 0 Å². The van der Waals surface area contributed by atoms with Crippen molar-refractivity contribution in [3.63, 3.8) is 0 Å². The summed E-state index contributed by atoms with van der Waals surface area (Å²) in [5.41, 5.74) is 7.10. The molecule has 1 saturated carbocycles. The summed E-state index contributed by atoms with van der Waals surface area (Å²) in [6.07, 6.45) is 4.82. The van der Waals surface area contributed by atoms with Gasteiger partial charge in [0.1, 0.15) is 12.4 Å². The molecular weight excluding hydrogens is 262 g/mol. The third-order valence-electron chi connectivity index (χ3n) is 4.13. The summed E-state index contributed by atoms with van der Waals surface area (Å²) in [7, 11) is 4.11. The Kier molecular flexibility index (Phi) is 6.33. The Hall–Kier alpha value is -1.26. The van der Waals surface area contributed by atoms with Gasteiger partial charge in [-0.25, -0.2) is 0 Å². The first-order valence-corrected chi connectivity index (χ1v) is 8.00. The molecule has 0 bridgehead atoms. The van der Waals surface area contributed by atoms with E-state index < -0.39 is 0 Å². The van der Waals surface area contributed by atoms with Crippen LogP contribution in [0.25, 0.3) is 0 Å². The number of benzene rings is 1. The highest BCUT2D eigenvalue weighted by Crippen LogP contribution is 2.24. The molecule has 0 spiro atoms. The van der Waals surface area contributed by atoms with Gasteiger partial charge in [-0.15, -0.1) is 0 Å². The van der Waals surface area contributed by atoms with Crippen LogP contribution in [0, 0.1) is 5.92 Å². The van der Waals surface area contributed by atoms with E-state index in [0.717, 1.165) is 37.1 Å². The number of hydrogen-bond acceptors (Lipinski definition) is 4. The lowest BCUT2D eigenvalue weighted by Crippen LogP contribution is -2.29. The fraction of sp³-hybridized carbons (Fsp3) is 0.647. The van der Waals surface area contributed by atoms with E-state index in [1.165, 1.54) is 25.7 Å². The van der Waals surface area contributed by atoms with Crippen LogP contribution in [0.1, 0.15) is 25.7 Å². The Bertz CT molecular complexity index is 414. The Morgan fingerprint density at radius 2 is 2.00 bits per heavy atom. The van der Waals surface area contributed by atoms with E-state index in [-0.39, 0.29) is 0 Å². The molecule has 1 aromatic rings. The molecule has 0 unspecified atom stereocenters. The normalized spacial score (nSPS) is 22.3. The molecule has 118 valence electrons. The van der Waals surface area contributed by atoms with Gasteiger partial charge in [-0.1, -0.05) is 6.07 Å². The largest absolute Gasteiger partial charge is 0.492 e. The van der Waals surface area contributed by atoms with E-state index in [1.807, 2.05) is 12.1 Å². The van der Waals surface area contributed by atoms with Gasteiger partial charge < -0.3 is 20.7 Å². The lowest BCUT2D eigenvalue weighted by Gasteiger charge is -2.26. The number of likely N-dealkylation sites (N-methyl/N-ethyl adjacent to an activating group) is 1. The molecule has 0 heterocycles. The fourth-order valence-corrected chi connectivity index (χ4v) is 2.70. The SMILES string of the molecule is CN(C)CCOc1cccc(NC[C@H]2CC[C@H](N)CC2)c1. The van der Waals surface area contributed by atoms with Crippen molar-refractivity contribution < 1.29 is 4.74 Å². The zero-order chi connectivity index (χ0) is 15.1. The molecule has 4 nitrogen and oxygen atoms in total. The standard InChI is InChI=1S/C17H29N3O/c1-20(2)10-11-21-17-5-3-4-16(12-17)19-13-14-6-8-15(18)9-7-14/h3-5,12,14-15,19H,6-11,13,18H2,1-2H3/t14-,15-. The first kappa shape index (κ1) is 16.1. The molecule has 0 aliphatic heterocycles. The molecule has 1 aromatic carbocycles. The molecule has 0 saturated heterocycles. The second kappa shape index (κ2) is 8.25. The topological polar surface area (TPSA) is 50.5 Å². The number of nitrogens with one attached hydrogen (secondary N) is 1. The summed E-state index contributed by atoms with van der Waals surface area (Å²) in [6, 6.07) is 8.68. The predicted octanol–water partition coefficient (Wildman–Crippen LogP) is 2.56. The van der Waals surface area contributed by atoms with Crippen LogP contribution in [0.4, 0.5) is 5.69 Å². The van der Waals surface area contributed by atoms with Gasteiger partial charge in [0.2, 0.25) is 0 Å². The molecule has 0 radical (unpaired) electrons. The van der Waals surface area contributed by atoms with E-state index in [9.17, 15) is 0 Å². The maximum Gasteiger partial charge on any atom is 0.121 e. The summed E-state index contributed by atoms with van der Waals surface area (Å²) >= 11 is 0. The van der Waals surface area contributed by atoms with Crippen molar-refractivity contribution in [3.8, 4) is 5.75 Å². The van der Waals surface area contributed by atoms with Crippen LogP contribution in [0.5, 0.6) is 5.75 Å². The Labute approximate surface area is 128 Å². The molecule has 4 heteroatoms.